The largest absolute Gasteiger partial charge is 0.455 e. The quantitative estimate of drug-likeness (QED) is 0.188. The normalized spacial score (nSPS) is 11.8. The molecular weight excluding hydrogens is 642 g/mol. The van der Waals surface area contributed by atoms with Gasteiger partial charge in [-0.25, -0.2) is 15.0 Å². The second kappa shape index (κ2) is 11.1. The molecule has 0 aliphatic carbocycles. The lowest BCUT2D eigenvalue weighted by Crippen LogP contribution is -2.01. The monoisotopic (exact) mass is 665 g/mol. The lowest BCUT2D eigenvalue weighted by molar-refractivity contribution is 0.672. The summed E-state index contributed by atoms with van der Waals surface area (Å²) in [6.45, 7) is 0. The molecule has 0 spiro atoms. The Labute approximate surface area is 289 Å². The van der Waals surface area contributed by atoms with E-state index >= 15 is 0 Å². The second-order valence-electron chi connectivity index (χ2n) is 12.1. The van der Waals surface area contributed by atoms with E-state index in [2.05, 4.69) is 103 Å². The first-order chi connectivity index (χ1) is 24.2. The lowest BCUT2D eigenvalue weighted by atomic mass is 10.0. The molecular formula is C43H24ClN3OS. The van der Waals surface area contributed by atoms with Crippen LogP contribution in [0.2, 0.25) is 5.02 Å². The van der Waals surface area contributed by atoms with Gasteiger partial charge in [-0.1, -0.05) is 121 Å². The molecule has 0 unspecified atom stereocenters. The van der Waals surface area contributed by atoms with E-state index in [1.54, 1.807) is 11.3 Å². The molecule has 3 heterocycles. The Kier molecular flexibility index (Phi) is 6.38. The molecule has 0 aliphatic rings. The van der Waals surface area contributed by atoms with Crippen molar-refractivity contribution < 1.29 is 4.42 Å². The Hall–Kier alpha value is -5.88. The average molecular weight is 666 g/mol. The topological polar surface area (TPSA) is 51.8 Å². The standard InChI is InChI=1S/C43H24ClN3OS/c44-38-33(22-23-35-37(38)32-21-20-26-12-4-5-15-29(26)39(32)48-35)42-45-41(28-14-8-13-27(24-28)25-10-2-1-3-11-25)46-43(47-42)34-18-9-17-31-30-16-6-7-19-36(30)49-40(31)34/h1-24H. The van der Waals surface area contributed by atoms with E-state index in [1.165, 1.54) is 15.5 Å². The smallest absolute Gasteiger partial charge is 0.165 e. The minimum atomic E-state index is 0.505. The molecule has 4 nitrogen and oxygen atoms in total. The minimum Gasteiger partial charge on any atom is -0.455 e. The summed E-state index contributed by atoms with van der Waals surface area (Å²) in [5, 5.41) is 6.93. The number of nitrogens with zero attached hydrogens (tertiary/aromatic N) is 3. The number of aromatic nitrogens is 3. The minimum absolute atomic E-state index is 0.505. The molecule has 0 N–H and O–H groups in total. The highest BCUT2D eigenvalue weighted by Crippen LogP contribution is 2.43. The predicted octanol–water partition coefficient (Wildman–Crippen LogP) is 12.6. The van der Waals surface area contributed by atoms with E-state index in [4.69, 9.17) is 31.0 Å². The molecule has 3 aromatic heterocycles. The molecule has 0 bridgehead atoms. The maximum atomic E-state index is 7.34. The summed E-state index contributed by atoms with van der Waals surface area (Å²) in [7, 11) is 0. The van der Waals surface area contributed by atoms with Crippen LogP contribution in [-0.2, 0) is 0 Å². The summed E-state index contributed by atoms with van der Waals surface area (Å²) in [5.74, 6) is 1.68. The van der Waals surface area contributed by atoms with Gasteiger partial charge in [0.25, 0.3) is 0 Å². The molecule has 10 rings (SSSR count). The number of furan rings is 1. The van der Waals surface area contributed by atoms with Crippen LogP contribution in [0, 0.1) is 0 Å². The summed E-state index contributed by atoms with van der Waals surface area (Å²) in [5.41, 5.74) is 6.33. The van der Waals surface area contributed by atoms with Gasteiger partial charge < -0.3 is 4.42 Å². The molecule has 7 aromatic carbocycles. The van der Waals surface area contributed by atoms with Crippen LogP contribution in [-0.4, -0.2) is 15.0 Å². The first-order valence-electron chi connectivity index (χ1n) is 16.0. The van der Waals surface area contributed by atoms with Gasteiger partial charge in [-0.05, 0) is 52.9 Å². The third-order valence-corrected chi connectivity index (χ3v) is 10.8. The van der Waals surface area contributed by atoms with Gasteiger partial charge in [0.1, 0.15) is 11.2 Å². The zero-order valence-electron chi connectivity index (χ0n) is 25.9. The van der Waals surface area contributed by atoms with Crippen LogP contribution >= 0.6 is 22.9 Å². The fraction of sp³-hybridized carbons (Fsp3) is 0. The maximum absolute atomic E-state index is 7.34. The van der Waals surface area contributed by atoms with Crippen LogP contribution < -0.4 is 0 Å². The van der Waals surface area contributed by atoms with Gasteiger partial charge in [0.15, 0.2) is 17.5 Å². The first-order valence-corrected chi connectivity index (χ1v) is 17.2. The van der Waals surface area contributed by atoms with Gasteiger partial charge in [0.05, 0.1) is 5.02 Å². The van der Waals surface area contributed by atoms with Gasteiger partial charge in [0.2, 0.25) is 0 Å². The van der Waals surface area contributed by atoms with Crippen molar-refractivity contribution in [2.24, 2.45) is 0 Å². The fourth-order valence-corrected chi connectivity index (χ4v) is 8.42. The first kappa shape index (κ1) is 28.2. The number of hydrogen-bond donors (Lipinski definition) is 0. The maximum Gasteiger partial charge on any atom is 0.165 e. The Morgan fingerprint density at radius 1 is 0.490 bits per heavy atom. The van der Waals surface area contributed by atoms with E-state index in [1.807, 2.05) is 42.5 Å². The Morgan fingerprint density at radius 2 is 1.18 bits per heavy atom. The molecule has 10 aromatic rings. The molecule has 0 fully saturated rings. The number of benzene rings is 7. The van der Waals surface area contributed by atoms with Crippen LogP contribution in [0.25, 0.3) is 98.2 Å². The number of halogens is 1. The number of rotatable bonds is 4. The van der Waals surface area contributed by atoms with E-state index in [-0.39, 0.29) is 0 Å². The molecule has 230 valence electrons. The van der Waals surface area contributed by atoms with Crippen molar-refractivity contribution in [2.75, 3.05) is 0 Å². The summed E-state index contributed by atoms with van der Waals surface area (Å²) in [6.07, 6.45) is 0. The van der Waals surface area contributed by atoms with Gasteiger partial charge in [-0.2, -0.15) is 0 Å². The summed E-state index contributed by atoms with van der Waals surface area (Å²) >= 11 is 9.10. The zero-order valence-corrected chi connectivity index (χ0v) is 27.5. The number of thiophene rings is 1. The SMILES string of the molecule is Clc1c(-c2nc(-c3cccc(-c4ccccc4)c3)nc(-c3cccc4c3sc3ccccc34)n2)ccc2oc3c4ccccc4ccc3c12. The van der Waals surface area contributed by atoms with Gasteiger partial charge in [-0.3, -0.25) is 0 Å². The summed E-state index contributed by atoms with van der Waals surface area (Å²) in [4.78, 5) is 15.4. The number of hydrogen-bond acceptors (Lipinski definition) is 5. The highest BCUT2D eigenvalue weighted by atomic mass is 35.5. The molecule has 0 amide bonds. The lowest BCUT2D eigenvalue weighted by Gasteiger charge is -2.11. The molecule has 49 heavy (non-hydrogen) atoms. The molecule has 6 heteroatoms. The average Bonchev–Trinajstić information content (AvgIpc) is 3.75. The van der Waals surface area contributed by atoms with Gasteiger partial charge in [-0.15, -0.1) is 11.3 Å². The molecule has 0 atom stereocenters. The second-order valence-corrected chi connectivity index (χ2v) is 13.5. The van der Waals surface area contributed by atoms with Gasteiger partial charge in [0, 0.05) is 53.0 Å². The van der Waals surface area contributed by atoms with E-state index in [9.17, 15) is 0 Å². The zero-order chi connectivity index (χ0) is 32.5. The highest BCUT2D eigenvalue weighted by Gasteiger charge is 2.21. The fourth-order valence-electron chi connectivity index (χ4n) is 6.86. The Bertz CT molecular complexity index is 2910. The summed E-state index contributed by atoms with van der Waals surface area (Å²) < 4.78 is 8.78. The van der Waals surface area contributed by atoms with Crippen molar-refractivity contribution in [3.05, 3.63) is 151 Å². The van der Waals surface area contributed by atoms with Crippen molar-refractivity contribution in [3.8, 4) is 45.3 Å². The van der Waals surface area contributed by atoms with Crippen LogP contribution in [0.15, 0.2) is 150 Å². The van der Waals surface area contributed by atoms with E-state index in [0.717, 1.165) is 65.2 Å². The number of fused-ring (bicyclic) bond motifs is 8. The highest BCUT2D eigenvalue weighted by molar-refractivity contribution is 7.26. The van der Waals surface area contributed by atoms with E-state index in [0.29, 0.717) is 22.5 Å². The third kappa shape index (κ3) is 4.55. The van der Waals surface area contributed by atoms with Crippen molar-refractivity contribution in [2.45, 2.75) is 0 Å². The van der Waals surface area contributed by atoms with Crippen LogP contribution in [0.4, 0.5) is 0 Å². The van der Waals surface area contributed by atoms with Crippen molar-refractivity contribution >= 4 is 75.8 Å². The van der Waals surface area contributed by atoms with Crippen molar-refractivity contribution in [1.82, 2.24) is 15.0 Å². The van der Waals surface area contributed by atoms with Crippen LogP contribution in [0.5, 0.6) is 0 Å². The Morgan fingerprint density at radius 3 is 2.08 bits per heavy atom. The van der Waals surface area contributed by atoms with Crippen molar-refractivity contribution in [1.29, 1.82) is 0 Å². The molecule has 0 aliphatic heterocycles. The summed E-state index contributed by atoms with van der Waals surface area (Å²) in [6, 6.07) is 49.9. The van der Waals surface area contributed by atoms with E-state index < -0.39 is 0 Å². The molecule has 0 saturated heterocycles. The third-order valence-electron chi connectivity index (χ3n) is 9.21. The molecule has 0 radical (unpaired) electrons. The Balaban J connectivity index is 1.22. The van der Waals surface area contributed by atoms with Crippen LogP contribution in [0.3, 0.4) is 0 Å². The molecule has 0 saturated carbocycles. The van der Waals surface area contributed by atoms with Gasteiger partial charge >= 0.3 is 0 Å². The van der Waals surface area contributed by atoms with Crippen molar-refractivity contribution in [3.63, 3.8) is 0 Å². The predicted molar refractivity (Wildman–Crippen MR) is 204 cm³/mol. The van der Waals surface area contributed by atoms with Crippen LogP contribution in [0.1, 0.15) is 0 Å².